The van der Waals surface area contributed by atoms with E-state index in [-0.39, 0.29) is 11.6 Å². The Morgan fingerprint density at radius 1 is 1.10 bits per heavy atom. The molecule has 0 saturated carbocycles. The molecule has 0 spiro atoms. The maximum absolute atomic E-state index is 14.1. The maximum atomic E-state index is 14.1. The lowest BCUT2D eigenvalue weighted by atomic mass is 9.98. The molecule has 4 heteroatoms. The highest BCUT2D eigenvalue weighted by atomic mass is 19.1. The van der Waals surface area contributed by atoms with Gasteiger partial charge in [0.2, 0.25) is 0 Å². The predicted octanol–water partition coefficient (Wildman–Crippen LogP) is 4.09. The molecular formula is C17H13FN2O. The first kappa shape index (κ1) is 13.2. The number of H-pyrrole nitrogens is 1. The quantitative estimate of drug-likeness (QED) is 0.735. The Labute approximate surface area is 121 Å². The van der Waals surface area contributed by atoms with Gasteiger partial charge in [-0.25, -0.2) is 4.39 Å². The zero-order chi connectivity index (χ0) is 14.8. The number of carbonyl (C=O) groups excluding carboxylic acids is 1. The first-order valence-corrected chi connectivity index (χ1v) is 6.56. The largest absolute Gasteiger partial charge is 0.295 e. The van der Waals surface area contributed by atoms with Crippen LogP contribution in [-0.4, -0.2) is 16.0 Å². The lowest BCUT2D eigenvalue weighted by Crippen LogP contribution is -1.94. The van der Waals surface area contributed by atoms with Crippen molar-refractivity contribution < 1.29 is 9.18 Å². The number of ketones is 1. The molecule has 0 aliphatic heterocycles. The first-order chi connectivity index (χ1) is 10.1. The number of benzene rings is 2. The van der Waals surface area contributed by atoms with E-state index in [1.165, 1.54) is 19.1 Å². The molecule has 21 heavy (non-hydrogen) atoms. The number of halogens is 1. The van der Waals surface area contributed by atoms with Crippen LogP contribution in [0.2, 0.25) is 0 Å². The minimum Gasteiger partial charge on any atom is -0.295 e. The zero-order valence-corrected chi connectivity index (χ0v) is 11.4. The van der Waals surface area contributed by atoms with Gasteiger partial charge in [0.05, 0.1) is 5.69 Å². The number of aromatic amines is 1. The van der Waals surface area contributed by atoms with Crippen molar-refractivity contribution in [3.63, 3.8) is 0 Å². The molecule has 0 radical (unpaired) electrons. The topological polar surface area (TPSA) is 45.8 Å². The number of rotatable bonds is 3. The van der Waals surface area contributed by atoms with E-state index < -0.39 is 0 Å². The van der Waals surface area contributed by atoms with E-state index in [4.69, 9.17) is 0 Å². The zero-order valence-electron chi connectivity index (χ0n) is 11.4. The molecule has 1 heterocycles. The van der Waals surface area contributed by atoms with Crippen molar-refractivity contribution in [3.05, 3.63) is 66.1 Å². The van der Waals surface area contributed by atoms with Crippen molar-refractivity contribution >= 4 is 5.78 Å². The van der Waals surface area contributed by atoms with Crippen molar-refractivity contribution in [2.24, 2.45) is 0 Å². The summed E-state index contributed by atoms with van der Waals surface area (Å²) in [7, 11) is 0. The summed E-state index contributed by atoms with van der Waals surface area (Å²) in [6, 6.07) is 13.7. The highest BCUT2D eigenvalue weighted by Crippen LogP contribution is 2.28. The highest BCUT2D eigenvalue weighted by molar-refractivity contribution is 5.95. The summed E-state index contributed by atoms with van der Waals surface area (Å²) in [5.41, 5.74) is 3.42. The summed E-state index contributed by atoms with van der Waals surface area (Å²) >= 11 is 0. The average molecular weight is 280 g/mol. The Bertz CT molecular complexity index is 794. The van der Waals surface area contributed by atoms with E-state index >= 15 is 0 Å². The number of nitrogens with zero attached hydrogens (tertiary/aromatic N) is 1. The number of carbonyl (C=O) groups is 1. The van der Waals surface area contributed by atoms with Crippen LogP contribution in [0.3, 0.4) is 0 Å². The molecule has 0 saturated heterocycles. The summed E-state index contributed by atoms with van der Waals surface area (Å²) in [4.78, 5) is 11.5. The van der Waals surface area contributed by atoms with Gasteiger partial charge in [0.25, 0.3) is 0 Å². The van der Waals surface area contributed by atoms with Crippen LogP contribution >= 0.6 is 0 Å². The lowest BCUT2D eigenvalue weighted by molar-refractivity contribution is 0.101. The van der Waals surface area contributed by atoms with Gasteiger partial charge in [0.15, 0.2) is 5.78 Å². The Morgan fingerprint density at radius 3 is 2.62 bits per heavy atom. The van der Waals surface area contributed by atoms with Crippen molar-refractivity contribution in [2.45, 2.75) is 6.92 Å². The molecule has 1 aromatic heterocycles. The SMILES string of the molecule is CC(=O)c1ccc(F)c(-c2cccc(-c3ccn[nH]3)c2)c1. The average Bonchev–Trinajstić information content (AvgIpc) is 3.02. The minimum atomic E-state index is -0.346. The van der Waals surface area contributed by atoms with Gasteiger partial charge in [0, 0.05) is 22.9 Å². The van der Waals surface area contributed by atoms with Gasteiger partial charge in [-0.2, -0.15) is 5.10 Å². The Balaban J connectivity index is 2.11. The number of aromatic nitrogens is 2. The molecule has 0 aliphatic rings. The van der Waals surface area contributed by atoms with Crippen LogP contribution in [0.25, 0.3) is 22.4 Å². The van der Waals surface area contributed by atoms with E-state index in [1.807, 2.05) is 30.3 Å². The normalized spacial score (nSPS) is 10.6. The summed E-state index contributed by atoms with van der Waals surface area (Å²) in [6.45, 7) is 1.47. The van der Waals surface area contributed by atoms with E-state index in [2.05, 4.69) is 10.2 Å². The van der Waals surface area contributed by atoms with Crippen LogP contribution in [0.5, 0.6) is 0 Å². The van der Waals surface area contributed by atoms with Gasteiger partial charge < -0.3 is 0 Å². The third-order valence-corrected chi connectivity index (χ3v) is 3.36. The van der Waals surface area contributed by atoms with Crippen LogP contribution in [0, 0.1) is 5.82 Å². The van der Waals surface area contributed by atoms with Gasteiger partial charge in [-0.3, -0.25) is 9.89 Å². The molecule has 3 nitrogen and oxygen atoms in total. The molecule has 1 N–H and O–H groups in total. The van der Waals surface area contributed by atoms with Crippen LogP contribution in [-0.2, 0) is 0 Å². The smallest absolute Gasteiger partial charge is 0.159 e. The van der Waals surface area contributed by atoms with Crippen LogP contribution in [0.4, 0.5) is 4.39 Å². The third kappa shape index (κ3) is 2.60. The molecule has 0 unspecified atom stereocenters. The number of hydrogen-bond acceptors (Lipinski definition) is 2. The van der Waals surface area contributed by atoms with E-state index in [9.17, 15) is 9.18 Å². The second kappa shape index (κ2) is 5.32. The minimum absolute atomic E-state index is 0.0824. The second-order valence-electron chi connectivity index (χ2n) is 4.80. The monoisotopic (exact) mass is 280 g/mol. The van der Waals surface area contributed by atoms with Gasteiger partial charge in [-0.1, -0.05) is 18.2 Å². The molecule has 0 aliphatic carbocycles. The summed E-state index contributed by atoms with van der Waals surface area (Å²) < 4.78 is 14.1. The van der Waals surface area contributed by atoms with Gasteiger partial charge in [-0.15, -0.1) is 0 Å². The molecular weight excluding hydrogens is 267 g/mol. The molecule has 3 rings (SSSR count). The predicted molar refractivity (Wildman–Crippen MR) is 79.4 cm³/mol. The van der Waals surface area contributed by atoms with Crippen molar-refractivity contribution in [1.82, 2.24) is 10.2 Å². The number of Topliss-reactive ketones (excluding diaryl/α,β-unsaturated/α-hetero) is 1. The fourth-order valence-electron chi connectivity index (χ4n) is 2.24. The standard InChI is InChI=1S/C17H13FN2O/c1-11(21)12-5-6-16(18)15(10-12)13-3-2-4-14(9-13)17-7-8-19-20-17/h2-10H,1H3,(H,19,20). The maximum Gasteiger partial charge on any atom is 0.159 e. The van der Waals surface area contributed by atoms with Crippen LogP contribution in [0.1, 0.15) is 17.3 Å². The molecule has 0 bridgehead atoms. The van der Waals surface area contributed by atoms with E-state index in [1.54, 1.807) is 12.3 Å². The molecule has 104 valence electrons. The van der Waals surface area contributed by atoms with E-state index in [0.717, 1.165) is 16.8 Å². The van der Waals surface area contributed by atoms with Crippen LogP contribution < -0.4 is 0 Å². The van der Waals surface area contributed by atoms with Crippen molar-refractivity contribution in [2.75, 3.05) is 0 Å². The number of nitrogens with one attached hydrogen (secondary N) is 1. The van der Waals surface area contributed by atoms with Crippen molar-refractivity contribution in [3.8, 4) is 22.4 Å². The lowest BCUT2D eigenvalue weighted by Gasteiger charge is -2.07. The second-order valence-corrected chi connectivity index (χ2v) is 4.80. The van der Waals surface area contributed by atoms with Gasteiger partial charge >= 0.3 is 0 Å². The van der Waals surface area contributed by atoms with E-state index in [0.29, 0.717) is 11.1 Å². The fourth-order valence-corrected chi connectivity index (χ4v) is 2.24. The summed E-state index contributed by atoms with van der Waals surface area (Å²) in [5, 5.41) is 6.79. The Kier molecular flexibility index (Phi) is 3.36. The van der Waals surface area contributed by atoms with Gasteiger partial charge in [-0.05, 0) is 42.8 Å². The van der Waals surface area contributed by atoms with Crippen LogP contribution in [0.15, 0.2) is 54.7 Å². The summed E-state index contributed by atoms with van der Waals surface area (Å²) in [6.07, 6.45) is 1.67. The molecule has 3 aromatic rings. The Morgan fingerprint density at radius 2 is 1.90 bits per heavy atom. The third-order valence-electron chi connectivity index (χ3n) is 3.36. The fraction of sp³-hybridized carbons (Fsp3) is 0.0588. The summed E-state index contributed by atoms with van der Waals surface area (Å²) in [5.74, 6) is -0.428. The Hall–Kier alpha value is -2.75. The number of hydrogen-bond donors (Lipinski definition) is 1. The molecule has 0 atom stereocenters. The van der Waals surface area contributed by atoms with Gasteiger partial charge in [0.1, 0.15) is 5.82 Å². The molecule has 2 aromatic carbocycles. The highest BCUT2D eigenvalue weighted by Gasteiger charge is 2.10. The first-order valence-electron chi connectivity index (χ1n) is 6.56. The molecule has 0 amide bonds. The van der Waals surface area contributed by atoms with Crippen molar-refractivity contribution in [1.29, 1.82) is 0 Å². The molecule has 0 fully saturated rings.